The summed E-state index contributed by atoms with van der Waals surface area (Å²) in [5, 5.41) is 0. The monoisotopic (exact) mass is 372 g/mol. The van der Waals surface area contributed by atoms with Gasteiger partial charge in [0.2, 0.25) is 0 Å². The molecule has 0 amide bonds. The van der Waals surface area contributed by atoms with Crippen molar-refractivity contribution in [3.8, 4) is 0 Å². The zero-order valence-electron chi connectivity index (χ0n) is 17.3. The van der Waals surface area contributed by atoms with Crippen molar-refractivity contribution >= 4 is 11.6 Å². The number of rotatable bonds is 6. The van der Waals surface area contributed by atoms with Crippen molar-refractivity contribution in [3.05, 3.63) is 0 Å². The molecule has 0 bridgehead atoms. The van der Waals surface area contributed by atoms with E-state index in [4.69, 9.17) is 0 Å². The van der Waals surface area contributed by atoms with Crippen molar-refractivity contribution in [2.24, 2.45) is 35.5 Å². The maximum absolute atomic E-state index is 12.7. The lowest BCUT2D eigenvalue weighted by molar-refractivity contribution is -0.132. The smallest absolute Gasteiger partial charge is 0.143 e. The highest BCUT2D eigenvalue weighted by Gasteiger charge is 2.35. The van der Waals surface area contributed by atoms with Crippen LogP contribution in [0.15, 0.2) is 0 Å². The molecule has 2 heteroatoms. The van der Waals surface area contributed by atoms with Crippen molar-refractivity contribution in [2.45, 2.75) is 109 Å². The summed E-state index contributed by atoms with van der Waals surface area (Å²) in [5.41, 5.74) is 0. The normalized spacial score (nSPS) is 36.1. The van der Waals surface area contributed by atoms with Gasteiger partial charge in [-0.15, -0.1) is 0 Å². The van der Waals surface area contributed by atoms with Gasteiger partial charge in [-0.25, -0.2) is 0 Å². The van der Waals surface area contributed by atoms with Crippen LogP contribution in [0.3, 0.4) is 0 Å². The van der Waals surface area contributed by atoms with Gasteiger partial charge in [-0.05, 0) is 75.0 Å². The molecule has 4 rings (SSSR count). The minimum absolute atomic E-state index is 0.196. The minimum Gasteiger partial charge on any atom is -0.299 e. The molecule has 4 saturated carbocycles. The SMILES string of the molecule is O=C(CC(=O)C1CCC(C2CCCC2)CC1)C1CCC(C2CCCC2)CC1. The Morgan fingerprint density at radius 1 is 0.444 bits per heavy atom. The maximum atomic E-state index is 12.7. The molecule has 4 aliphatic rings. The van der Waals surface area contributed by atoms with Crippen molar-refractivity contribution < 1.29 is 9.59 Å². The second kappa shape index (κ2) is 9.23. The Bertz CT molecular complexity index is 450. The zero-order valence-corrected chi connectivity index (χ0v) is 17.3. The average molecular weight is 373 g/mol. The summed E-state index contributed by atoms with van der Waals surface area (Å²) in [6.07, 6.45) is 20.8. The molecule has 0 aromatic heterocycles. The van der Waals surface area contributed by atoms with Gasteiger partial charge in [0.1, 0.15) is 11.6 Å². The maximum Gasteiger partial charge on any atom is 0.143 e. The number of carbonyl (C=O) groups excluding carboxylic acids is 2. The third kappa shape index (κ3) is 4.85. The summed E-state index contributed by atoms with van der Waals surface area (Å²) >= 11 is 0. The fourth-order valence-corrected chi connectivity index (χ4v) is 7.14. The molecule has 0 spiro atoms. The highest BCUT2D eigenvalue weighted by atomic mass is 16.1. The number of carbonyl (C=O) groups is 2. The molecular formula is C25H40O2. The molecule has 2 nitrogen and oxygen atoms in total. The zero-order chi connectivity index (χ0) is 18.6. The van der Waals surface area contributed by atoms with Crippen LogP contribution in [0.2, 0.25) is 0 Å². The van der Waals surface area contributed by atoms with Crippen LogP contribution in [0.25, 0.3) is 0 Å². The third-order valence-corrected chi connectivity index (χ3v) is 8.94. The molecule has 0 radical (unpaired) electrons. The molecule has 0 aromatic rings. The number of Topliss-reactive ketones (excluding diaryl/α,β-unsaturated/α-hetero) is 2. The highest BCUT2D eigenvalue weighted by Crippen LogP contribution is 2.43. The van der Waals surface area contributed by atoms with Crippen LogP contribution in [-0.2, 0) is 9.59 Å². The van der Waals surface area contributed by atoms with Crippen LogP contribution >= 0.6 is 0 Å². The van der Waals surface area contributed by atoms with Crippen molar-refractivity contribution in [1.29, 1.82) is 0 Å². The molecule has 0 heterocycles. The highest BCUT2D eigenvalue weighted by molar-refractivity contribution is 6.01. The van der Waals surface area contributed by atoms with Gasteiger partial charge in [-0.2, -0.15) is 0 Å². The predicted molar refractivity (Wildman–Crippen MR) is 109 cm³/mol. The molecule has 152 valence electrons. The van der Waals surface area contributed by atoms with E-state index in [2.05, 4.69) is 0 Å². The quantitative estimate of drug-likeness (QED) is 0.498. The fraction of sp³-hybridized carbons (Fsp3) is 0.920. The molecular weight excluding hydrogens is 332 g/mol. The van der Waals surface area contributed by atoms with Gasteiger partial charge < -0.3 is 0 Å². The summed E-state index contributed by atoms with van der Waals surface area (Å²) in [7, 11) is 0. The average Bonchev–Trinajstić information content (AvgIpc) is 3.42. The Labute approximate surface area is 166 Å². The summed E-state index contributed by atoms with van der Waals surface area (Å²) < 4.78 is 0. The number of ketones is 2. The van der Waals surface area contributed by atoms with E-state index in [9.17, 15) is 9.59 Å². The number of hydrogen-bond acceptors (Lipinski definition) is 2. The van der Waals surface area contributed by atoms with Crippen LogP contribution in [0.4, 0.5) is 0 Å². The summed E-state index contributed by atoms with van der Waals surface area (Å²) in [6.45, 7) is 0. The van der Waals surface area contributed by atoms with Gasteiger partial charge >= 0.3 is 0 Å². The van der Waals surface area contributed by atoms with Gasteiger partial charge in [0.25, 0.3) is 0 Å². The Balaban J connectivity index is 1.18. The Kier molecular flexibility index (Phi) is 6.71. The lowest BCUT2D eigenvalue weighted by atomic mass is 9.71. The topological polar surface area (TPSA) is 34.1 Å². The minimum atomic E-state index is 0.196. The van der Waals surface area contributed by atoms with Gasteiger partial charge in [0.05, 0.1) is 6.42 Å². The molecule has 27 heavy (non-hydrogen) atoms. The Hall–Kier alpha value is -0.660. The molecule has 0 saturated heterocycles. The first-order chi connectivity index (χ1) is 13.2. The van der Waals surface area contributed by atoms with Crippen molar-refractivity contribution in [3.63, 3.8) is 0 Å². The first-order valence-electron chi connectivity index (χ1n) is 12.3. The first kappa shape index (κ1) is 19.6. The molecule has 4 aliphatic carbocycles. The summed E-state index contributed by atoms with van der Waals surface area (Å²) in [5.74, 6) is 4.58. The fourth-order valence-electron chi connectivity index (χ4n) is 7.14. The van der Waals surface area contributed by atoms with Gasteiger partial charge in [-0.1, -0.05) is 51.4 Å². The van der Waals surface area contributed by atoms with Crippen LogP contribution in [0.5, 0.6) is 0 Å². The second-order valence-electron chi connectivity index (χ2n) is 10.4. The Morgan fingerprint density at radius 3 is 1.07 bits per heavy atom. The van der Waals surface area contributed by atoms with Crippen LogP contribution in [-0.4, -0.2) is 11.6 Å². The standard InChI is InChI=1S/C25H40O2/c26-24(22-13-9-20(10-14-22)18-5-1-2-6-18)17-25(27)23-15-11-21(12-16-23)19-7-3-4-8-19/h18-23H,1-17H2. The van der Waals surface area contributed by atoms with E-state index in [1.807, 2.05) is 0 Å². The predicted octanol–water partition coefficient (Wildman–Crippen LogP) is 6.51. The third-order valence-electron chi connectivity index (χ3n) is 8.94. The van der Waals surface area contributed by atoms with E-state index in [-0.39, 0.29) is 29.8 Å². The van der Waals surface area contributed by atoms with E-state index in [0.29, 0.717) is 0 Å². The largest absolute Gasteiger partial charge is 0.299 e. The molecule has 4 fully saturated rings. The van der Waals surface area contributed by atoms with E-state index in [1.165, 1.54) is 77.0 Å². The van der Waals surface area contributed by atoms with Crippen molar-refractivity contribution in [2.75, 3.05) is 0 Å². The van der Waals surface area contributed by atoms with Gasteiger partial charge in [0, 0.05) is 11.8 Å². The first-order valence-corrected chi connectivity index (χ1v) is 12.3. The molecule has 0 N–H and O–H groups in total. The molecule has 0 aliphatic heterocycles. The molecule has 0 unspecified atom stereocenters. The van der Waals surface area contributed by atoms with E-state index in [1.54, 1.807) is 0 Å². The van der Waals surface area contributed by atoms with E-state index in [0.717, 1.165) is 49.4 Å². The lowest BCUT2D eigenvalue weighted by Gasteiger charge is -2.33. The van der Waals surface area contributed by atoms with Crippen LogP contribution in [0, 0.1) is 35.5 Å². The van der Waals surface area contributed by atoms with Crippen molar-refractivity contribution in [1.82, 2.24) is 0 Å². The Morgan fingerprint density at radius 2 is 0.741 bits per heavy atom. The molecule has 0 aromatic carbocycles. The van der Waals surface area contributed by atoms with Gasteiger partial charge in [0.15, 0.2) is 0 Å². The second-order valence-corrected chi connectivity index (χ2v) is 10.4. The summed E-state index contributed by atoms with van der Waals surface area (Å²) in [6, 6.07) is 0. The van der Waals surface area contributed by atoms with E-state index >= 15 is 0 Å². The summed E-state index contributed by atoms with van der Waals surface area (Å²) in [4.78, 5) is 25.5. The van der Waals surface area contributed by atoms with E-state index < -0.39 is 0 Å². The molecule has 0 atom stereocenters. The van der Waals surface area contributed by atoms with Gasteiger partial charge in [-0.3, -0.25) is 9.59 Å². The lowest BCUT2D eigenvalue weighted by Crippen LogP contribution is -2.30. The van der Waals surface area contributed by atoms with Crippen LogP contribution < -0.4 is 0 Å². The number of hydrogen-bond donors (Lipinski definition) is 0. The van der Waals surface area contributed by atoms with Crippen LogP contribution in [0.1, 0.15) is 109 Å².